The van der Waals surface area contributed by atoms with Gasteiger partial charge in [-0.1, -0.05) is 13.8 Å². The summed E-state index contributed by atoms with van der Waals surface area (Å²) >= 11 is 0. The van der Waals surface area contributed by atoms with Crippen molar-refractivity contribution in [3.63, 3.8) is 0 Å². The minimum Gasteiger partial charge on any atom is -0.354 e. The van der Waals surface area contributed by atoms with Crippen LogP contribution in [-0.4, -0.2) is 49.1 Å². The van der Waals surface area contributed by atoms with Gasteiger partial charge in [-0.15, -0.1) is 0 Å². The number of amides is 1. The van der Waals surface area contributed by atoms with E-state index in [1.807, 2.05) is 6.92 Å². The van der Waals surface area contributed by atoms with E-state index >= 15 is 0 Å². The zero-order valence-corrected chi connectivity index (χ0v) is 11.9. The summed E-state index contributed by atoms with van der Waals surface area (Å²) in [7, 11) is 0. The van der Waals surface area contributed by atoms with Crippen molar-refractivity contribution in [2.75, 3.05) is 26.2 Å². The van der Waals surface area contributed by atoms with E-state index in [2.05, 4.69) is 29.4 Å². The number of piperidine rings is 1. The Morgan fingerprint density at radius 2 is 2.00 bits per heavy atom. The van der Waals surface area contributed by atoms with Crippen molar-refractivity contribution in [2.24, 2.45) is 11.8 Å². The minimum atomic E-state index is -0.0686. The first kappa shape index (κ1) is 13.8. The molecule has 2 bridgehead atoms. The summed E-state index contributed by atoms with van der Waals surface area (Å²) in [6.07, 6.45) is 2.48. The summed E-state index contributed by atoms with van der Waals surface area (Å²) in [6.45, 7) is 10.6. The molecule has 2 aliphatic rings. The summed E-state index contributed by atoms with van der Waals surface area (Å²) in [6, 6.07) is 0.462. The molecule has 2 fully saturated rings. The number of fused-ring (bicyclic) bond motifs is 2. The molecule has 0 spiro atoms. The summed E-state index contributed by atoms with van der Waals surface area (Å²) < 4.78 is 0. The molecule has 4 nitrogen and oxygen atoms in total. The Bertz CT molecular complexity index is 293. The largest absolute Gasteiger partial charge is 0.354 e. The molecule has 2 heterocycles. The fourth-order valence-electron chi connectivity index (χ4n) is 3.03. The third kappa shape index (κ3) is 3.45. The van der Waals surface area contributed by atoms with Gasteiger partial charge in [0, 0.05) is 19.1 Å². The van der Waals surface area contributed by atoms with Crippen LogP contribution in [0.15, 0.2) is 0 Å². The van der Waals surface area contributed by atoms with Crippen LogP contribution < -0.4 is 10.6 Å². The minimum absolute atomic E-state index is 0.0686. The predicted molar refractivity (Wildman–Crippen MR) is 73.4 cm³/mol. The smallest absolute Gasteiger partial charge is 0.236 e. The number of hydrogen-bond donors (Lipinski definition) is 2. The third-order valence-corrected chi connectivity index (χ3v) is 4.18. The first-order valence-corrected chi connectivity index (χ1v) is 7.32. The van der Waals surface area contributed by atoms with E-state index in [-0.39, 0.29) is 11.9 Å². The number of nitrogens with one attached hydrogen (secondary N) is 2. The summed E-state index contributed by atoms with van der Waals surface area (Å²) in [4.78, 5) is 14.5. The molecule has 4 atom stereocenters. The molecule has 0 aromatic heterocycles. The van der Waals surface area contributed by atoms with Crippen molar-refractivity contribution in [1.82, 2.24) is 15.5 Å². The lowest BCUT2D eigenvalue weighted by Crippen LogP contribution is -2.52. The second kappa shape index (κ2) is 6.02. The zero-order chi connectivity index (χ0) is 13.1. The van der Waals surface area contributed by atoms with Gasteiger partial charge in [0.2, 0.25) is 5.91 Å². The van der Waals surface area contributed by atoms with Crippen molar-refractivity contribution >= 4 is 5.91 Å². The number of carbonyl (C=O) groups excluding carboxylic acids is 1. The molecule has 2 saturated heterocycles. The van der Waals surface area contributed by atoms with E-state index in [1.165, 1.54) is 32.5 Å². The normalized spacial score (nSPS) is 32.6. The van der Waals surface area contributed by atoms with E-state index in [0.29, 0.717) is 12.0 Å². The molecule has 0 aliphatic carbocycles. The maximum Gasteiger partial charge on any atom is 0.236 e. The molecule has 1 amide bonds. The average Bonchev–Trinajstić information content (AvgIpc) is 2.72. The van der Waals surface area contributed by atoms with Gasteiger partial charge in [-0.05, 0) is 44.7 Å². The molecule has 0 aromatic carbocycles. The van der Waals surface area contributed by atoms with Gasteiger partial charge >= 0.3 is 0 Å². The van der Waals surface area contributed by atoms with Crippen LogP contribution in [0.4, 0.5) is 0 Å². The molecule has 2 N–H and O–H groups in total. The summed E-state index contributed by atoms with van der Waals surface area (Å²) in [5.41, 5.74) is 0. The van der Waals surface area contributed by atoms with Gasteiger partial charge in [-0.25, -0.2) is 0 Å². The van der Waals surface area contributed by atoms with Gasteiger partial charge in [0.15, 0.2) is 0 Å². The third-order valence-electron chi connectivity index (χ3n) is 4.18. The van der Waals surface area contributed by atoms with E-state index in [0.717, 1.165) is 12.5 Å². The average molecular weight is 253 g/mol. The Labute approximate surface area is 110 Å². The van der Waals surface area contributed by atoms with Gasteiger partial charge in [-0.3, -0.25) is 4.79 Å². The quantitative estimate of drug-likeness (QED) is 0.763. The number of nitrogens with zero attached hydrogens (tertiary/aromatic N) is 1. The van der Waals surface area contributed by atoms with Gasteiger partial charge in [-0.2, -0.15) is 0 Å². The fourth-order valence-corrected chi connectivity index (χ4v) is 3.03. The van der Waals surface area contributed by atoms with Crippen LogP contribution >= 0.6 is 0 Å². The van der Waals surface area contributed by atoms with Crippen molar-refractivity contribution in [1.29, 1.82) is 0 Å². The number of carbonyl (C=O) groups is 1. The Kier molecular flexibility index (Phi) is 4.62. The maximum absolute atomic E-state index is 11.9. The second-order valence-corrected chi connectivity index (χ2v) is 6.27. The molecule has 4 unspecified atom stereocenters. The Morgan fingerprint density at radius 3 is 2.72 bits per heavy atom. The Hall–Kier alpha value is -0.610. The van der Waals surface area contributed by atoms with Crippen molar-refractivity contribution in [2.45, 2.75) is 45.7 Å². The standard InChI is InChI=1S/C14H27N3O/c1-10(2)8-15-14(18)11(3)16-13-5-7-17-6-4-12(13)9-17/h10-13,16H,4-9H2,1-3H3,(H,15,18). The first-order valence-electron chi connectivity index (χ1n) is 7.32. The van der Waals surface area contributed by atoms with Gasteiger partial charge < -0.3 is 15.5 Å². The molecular weight excluding hydrogens is 226 g/mol. The van der Waals surface area contributed by atoms with E-state index in [1.54, 1.807) is 0 Å². The highest BCUT2D eigenvalue weighted by atomic mass is 16.2. The van der Waals surface area contributed by atoms with Crippen molar-refractivity contribution in [3.8, 4) is 0 Å². The van der Waals surface area contributed by atoms with Crippen LogP contribution in [0, 0.1) is 11.8 Å². The van der Waals surface area contributed by atoms with Crippen molar-refractivity contribution in [3.05, 3.63) is 0 Å². The first-order chi connectivity index (χ1) is 8.56. The van der Waals surface area contributed by atoms with Crippen LogP contribution in [0.2, 0.25) is 0 Å². The highest BCUT2D eigenvalue weighted by Crippen LogP contribution is 2.27. The molecule has 2 aliphatic heterocycles. The van der Waals surface area contributed by atoms with E-state index < -0.39 is 0 Å². The molecule has 4 heteroatoms. The highest BCUT2D eigenvalue weighted by molar-refractivity contribution is 5.81. The second-order valence-electron chi connectivity index (χ2n) is 6.27. The van der Waals surface area contributed by atoms with E-state index in [9.17, 15) is 4.79 Å². The molecule has 104 valence electrons. The van der Waals surface area contributed by atoms with Crippen LogP contribution in [-0.2, 0) is 4.79 Å². The summed E-state index contributed by atoms with van der Waals surface area (Å²) in [5, 5.41) is 6.53. The lowest BCUT2D eigenvalue weighted by molar-refractivity contribution is -0.123. The zero-order valence-electron chi connectivity index (χ0n) is 11.9. The fraction of sp³-hybridized carbons (Fsp3) is 0.929. The molecule has 2 rings (SSSR count). The SMILES string of the molecule is CC(C)CNC(=O)C(C)NC1CCN2CCC1C2. The van der Waals surface area contributed by atoms with Crippen LogP contribution in [0.25, 0.3) is 0 Å². The van der Waals surface area contributed by atoms with Gasteiger partial charge in [0.25, 0.3) is 0 Å². The Morgan fingerprint density at radius 1 is 1.28 bits per heavy atom. The van der Waals surface area contributed by atoms with Crippen LogP contribution in [0.3, 0.4) is 0 Å². The van der Waals surface area contributed by atoms with Gasteiger partial charge in [0.1, 0.15) is 0 Å². The monoisotopic (exact) mass is 253 g/mol. The molecule has 0 radical (unpaired) electrons. The highest BCUT2D eigenvalue weighted by Gasteiger charge is 2.35. The topological polar surface area (TPSA) is 44.4 Å². The van der Waals surface area contributed by atoms with Gasteiger partial charge in [0.05, 0.1) is 6.04 Å². The maximum atomic E-state index is 11.9. The van der Waals surface area contributed by atoms with E-state index in [4.69, 9.17) is 0 Å². The van der Waals surface area contributed by atoms with Crippen LogP contribution in [0.5, 0.6) is 0 Å². The van der Waals surface area contributed by atoms with Crippen molar-refractivity contribution < 1.29 is 4.79 Å². The number of hydrogen-bond acceptors (Lipinski definition) is 3. The number of rotatable bonds is 5. The Balaban J connectivity index is 1.76. The van der Waals surface area contributed by atoms with Crippen LogP contribution in [0.1, 0.15) is 33.6 Å². The molecule has 0 saturated carbocycles. The lowest BCUT2D eigenvalue weighted by Gasteiger charge is -2.33. The molecule has 0 aromatic rings. The predicted octanol–water partition coefficient (Wildman–Crippen LogP) is 0.831. The lowest BCUT2D eigenvalue weighted by atomic mass is 9.93. The molecular formula is C14H27N3O. The summed E-state index contributed by atoms with van der Waals surface area (Å²) in [5.74, 6) is 1.41. The molecule has 18 heavy (non-hydrogen) atoms.